The summed E-state index contributed by atoms with van der Waals surface area (Å²) in [6.45, 7) is 0. The quantitative estimate of drug-likeness (QED) is 0.532. The van der Waals surface area contributed by atoms with E-state index in [2.05, 4.69) is 34.2 Å². The van der Waals surface area contributed by atoms with E-state index < -0.39 is 0 Å². The van der Waals surface area contributed by atoms with E-state index in [1.165, 1.54) is 37.7 Å². The minimum absolute atomic E-state index is 0.446. The maximum Gasteiger partial charge on any atom is 0.146 e. The SMILES string of the molecule is COc1ccc(Cc2ccc(-c3cc(OC)c(C=NC4CCCCC4)[nH]3)[nH]2)cc1. The lowest BCUT2D eigenvalue weighted by Crippen LogP contribution is -2.09. The third-order valence-corrected chi connectivity index (χ3v) is 5.61. The fourth-order valence-corrected chi connectivity index (χ4v) is 3.94. The molecule has 2 heterocycles. The molecule has 1 saturated carbocycles. The topological polar surface area (TPSA) is 62.4 Å². The Labute approximate surface area is 172 Å². The van der Waals surface area contributed by atoms with E-state index in [4.69, 9.17) is 14.5 Å². The molecule has 5 heteroatoms. The number of aliphatic imine (C=N–C) groups is 1. The number of nitrogens with one attached hydrogen (secondary N) is 2. The molecule has 0 unspecified atom stereocenters. The van der Waals surface area contributed by atoms with Crippen LogP contribution in [0.25, 0.3) is 11.4 Å². The van der Waals surface area contributed by atoms with Crippen LogP contribution >= 0.6 is 0 Å². The molecule has 0 spiro atoms. The fraction of sp³-hybridized carbons (Fsp3) is 0.375. The number of rotatable bonds is 7. The van der Waals surface area contributed by atoms with Gasteiger partial charge in [-0.1, -0.05) is 31.4 Å². The number of H-pyrrole nitrogens is 2. The number of hydrogen-bond donors (Lipinski definition) is 2. The van der Waals surface area contributed by atoms with E-state index in [1.807, 2.05) is 24.4 Å². The minimum Gasteiger partial charge on any atom is -0.497 e. The lowest BCUT2D eigenvalue weighted by Gasteiger charge is -2.16. The number of benzene rings is 1. The van der Waals surface area contributed by atoms with Crippen molar-refractivity contribution in [2.24, 2.45) is 4.99 Å². The summed E-state index contributed by atoms with van der Waals surface area (Å²) in [6.07, 6.45) is 9.09. The van der Waals surface area contributed by atoms with Crippen LogP contribution in [0, 0.1) is 0 Å². The molecule has 0 aliphatic heterocycles. The highest BCUT2D eigenvalue weighted by Gasteiger charge is 2.13. The van der Waals surface area contributed by atoms with Gasteiger partial charge in [-0.15, -0.1) is 0 Å². The monoisotopic (exact) mass is 391 g/mol. The normalized spacial score (nSPS) is 15.1. The van der Waals surface area contributed by atoms with Crippen molar-refractivity contribution in [1.29, 1.82) is 0 Å². The Bertz CT molecular complexity index is 947. The predicted molar refractivity (Wildman–Crippen MR) is 117 cm³/mol. The molecule has 1 aliphatic rings. The number of nitrogens with zero attached hydrogens (tertiary/aromatic N) is 1. The van der Waals surface area contributed by atoms with E-state index >= 15 is 0 Å². The molecule has 5 nitrogen and oxygen atoms in total. The first-order valence-corrected chi connectivity index (χ1v) is 10.4. The number of methoxy groups -OCH3 is 2. The molecule has 29 heavy (non-hydrogen) atoms. The van der Waals surface area contributed by atoms with Gasteiger partial charge < -0.3 is 19.4 Å². The second kappa shape index (κ2) is 9.03. The standard InChI is InChI=1S/C24H29N3O2/c1-28-20-11-8-17(9-12-20)14-19-10-13-21(26-19)22-15-24(29-2)23(27-22)16-25-18-6-4-3-5-7-18/h8-13,15-16,18,26-27H,3-7,14H2,1-2H3. The van der Waals surface area contributed by atoms with Crippen molar-refractivity contribution in [3.63, 3.8) is 0 Å². The molecule has 0 radical (unpaired) electrons. The lowest BCUT2D eigenvalue weighted by molar-refractivity contribution is 0.414. The van der Waals surface area contributed by atoms with Crippen molar-refractivity contribution < 1.29 is 9.47 Å². The molecular weight excluding hydrogens is 362 g/mol. The summed E-state index contributed by atoms with van der Waals surface area (Å²) in [4.78, 5) is 11.8. The van der Waals surface area contributed by atoms with Crippen LogP contribution in [0.15, 0.2) is 47.5 Å². The lowest BCUT2D eigenvalue weighted by atomic mass is 9.96. The molecule has 4 rings (SSSR count). The Kier molecular flexibility index (Phi) is 6.03. The van der Waals surface area contributed by atoms with Crippen LogP contribution in [0.1, 0.15) is 49.1 Å². The molecule has 152 valence electrons. The highest BCUT2D eigenvalue weighted by molar-refractivity contribution is 5.83. The van der Waals surface area contributed by atoms with E-state index in [-0.39, 0.29) is 0 Å². The van der Waals surface area contributed by atoms with Gasteiger partial charge in [-0.2, -0.15) is 0 Å². The van der Waals surface area contributed by atoms with E-state index in [1.54, 1.807) is 14.2 Å². The second-order valence-corrected chi connectivity index (χ2v) is 7.66. The third-order valence-electron chi connectivity index (χ3n) is 5.61. The summed E-state index contributed by atoms with van der Waals surface area (Å²) in [6, 6.07) is 14.9. The average molecular weight is 392 g/mol. The van der Waals surface area contributed by atoms with Gasteiger partial charge in [-0.05, 0) is 42.7 Å². The van der Waals surface area contributed by atoms with Gasteiger partial charge in [0.05, 0.1) is 37.3 Å². The number of hydrogen-bond acceptors (Lipinski definition) is 3. The van der Waals surface area contributed by atoms with Gasteiger partial charge in [0.2, 0.25) is 0 Å². The summed E-state index contributed by atoms with van der Waals surface area (Å²) in [5, 5.41) is 0. The summed E-state index contributed by atoms with van der Waals surface area (Å²) in [7, 11) is 3.39. The van der Waals surface area contributed by atoms with Crippen LogP contribution in [0.3, 0.4) is 0 Å². The van der Waals surface area contributed by atoms with Crippen molar-refractivity contribution in [2.45, 2.75) is 44.6 Å². The highest BCUT2D eigenvalue weighted by atomic mass is 16.5. The number of aromatic amines is 2. The van der Waals surface area contributed by atoms with Gasteiger partial charge in [0.1, 0.15) is 11.5 Å². The summed E-state index contributed by atoms with van der Waals surface area (Å²) in [5.41, 5.74) is 5.39. The average Bonchev–Trinajstić information content (AvgIpc) is 3.40. The minimum atomic E-state index is 0.446. The number of aromatic nitrogens is 2. The summed E-state index contributed by atoms with van der Waals surface area (Å²) in [5.74, 6) is 1.70. The van der Waals surface area contributed by atoms with E-state index in [0.717, 1.165) is 40.7 Å². The van der Waals surface area contributed by atoms with E-state index in [9.17, 15) is 0 Å². The summed E-state index contributed by atoms with van der Waals surface area (Å²) < 4.78 is 10.8. The van der Waals surface area contributed by atoms with Gasteiger partial charge in [-0.3, -0.25) is 4.99 Å². The zero-order chi connectivity index (χ0) is 20.1. The predicted octanol–water partition coefficient (Wildman–Crippen LogP) is 5.37. The molecule has 1 fully saturated rings. The molecule has 0 atom stereocenters. The van der Waals surface area contributed by atoms with Crippen LogP contribution in [-0.2, 0) is 6.42 Å². The third kappa shape index (κ3) is 4.73. The van der Waals surface area contributed by atoms with Crippen molar-refractivity contribution in [3.8, 4) is 22.9 Å². The molecule has 0 bridgehead atoms. The second-order valence-electron chi connectivity index (χ2n) is 7.66. The van der Waals surface area contributed by atoms with Crippen molar-refractivity contribution >= 4 is 6.21 Å². The van der Waals surface area contributed by atoms with Gasteiger partial charge in [0.15, 0.2) is 0 Å². The first-order valence-electron chi connectivity index (χ1n) is 10.4. The maximum absolute atomic E-state index is 5.56. The van der Waals surface area contributed by atoms with Crippen molar-refractivity contribution in [1.82, 2.24) is 9.97 Å². The van der Waals surface area contributed by atoms with Crippen LogP contribution in [-0.4, -0.2) is 36.4 Å². The van der Waals surface area contributed by atoms with E-state index in [0.29, 0.717) is 6.04 Å². The Morgan fingerprint density at radius 1 is 0.931 bits per heavy atom. The van der Waals surface area contributed by atoms with Crippen LogP contribution in [0.5, 0.6) is 11.5 Å². The molecule has 3 aromatic rings. The van der Waals surface area contributed by atoms with Crippen LogP contribution in [0.2, 0.25) is 0 Å². The maximum atomic E-state index is 5.56. The zero-order valence-electron chi connectivity index (χ0n) is 17.2. The first-order chi connectivity index (χ1) is 14.2. The molecule has 1 aromatic carbocycles. The molecule has 0 amide bonds. The Morgan fingerprint density at radius 3 is 2.45 bits per heavy atom. The van der Waals surface area contributed by atoms with Crippen molar-refractivity contribution in [3.05, 3.63) is 59.4 Å². The Hall–Kier alpha value is -2.95. The van der Waals surface area contributed by atoms with Crippen molar-refractivity contribution in [2.75, 3.05) is 14.2 Å². The van der Waals surface area contributed by atoms with Crippen LogP contribution in [0.4, 0.5) is 0 Å². The summed E-state index contributed by atoms with van der Waals surface area (Å²) >= 11 is 0. The van der Waals surface area contributed by atoms with Gasteiger partial charge >= 0.3 is 0 Å². The fourth-order valence-electron chi connectivity index (χ4n) is 3.94. The molecule has 0 saturated heterocycles. The Morgan fingerprint density at radius 2 is 1.72 bits per heavy atom. The van der Waals surface area contributed by atoms with Gasteiger partial charge in [-0.25, -0.2) is 0 Å². The van der Waals surface area contributed by atoms with Gasteiger partial charge in [0.25, 0.3) is 0 Å². The first kappa shape index (κ1) is 19.4. The van der Waals surface area contributed by atoms with Crippen LogP contribution < -0.4 is 9.47 Å². The molecule has 2 N–H and O–H groups in total. The molecular formula is C24H29N3O2. The largest absolute Gasteiger partial charge is 0.497 e. The molecule has 1 aliphatic carbocycles. The highest BCUT2D eigenvalue weighted by Crippen LogP contribution is 2.27. The Balaban J connectivity index is 1.48. The number of ether oxygens (including phenoxy) is 2. The van der Waals surface area contributed by atoms with Gasteiger partial charge in [0, 0.05) is 24.4 Å². The zero-order valence-corrected chi connectivity index (χ0v) is 17.2. The molecule has 2 aromatic heterocycles. The smallest absolute Gasteiger partial charge is 0.146 e.